The second-order valence-electron chi connectivity index (χ2n) is 8.91. The van der Waals surface area contributed by atoms with Crippen LogP contribution in [0, 0.1) is 6.92 Å². The number of hydrogen-bond donors (Lipinski definition) is 0. The van der Waals surface area contributed by atoms with Crippen LogP contribution in [-0.4, -0.2) is 35.9 Å². The Kier molecular flexibility index (Phi) is 7.89. The van der Waals surface area contributed by atoms with Gasteiger partial charge in [-0.15, -0.1) is 0 Å². The van der Waals surface area contributed by atoms with E-state index in [9.17, 15) is 4.79 Å². The van der Waals surface area contributed by atoms with Gasteiger partial charge >= 0.3 is 0 Å². The standard InChI is InChI=1S/C30H30N2O5S/c1-4-14-32-29(33)28(38-30(32)31-23-10-6-20(3)7-11-23)17-21-8-12-24(26(15-21)34-5-2)35-18-22-9-13-25-27(16-22)37-19-36-25/h6-13,15-17H,4-5,14,18-19H2,1-3H3. The van der Waals surface area contributed by atoms with Gasteiger partial charge in [0.25, 0.3) is 5.91 Å². The molecule has 5 rings (SSSR count). The van der Waals surface area contributed by atoms with Crippen molar-refractivity contribution in [1.82, 2.24) is 4.90 Å². The van der Waals surface area contributed by atoms with Crippen LogP contribution in [0.25, 0.3) is 6.08 Å². The second-order valence-corrected chi connectivity index (χ2v) is 9.92. The lowest BCUT2D eigenvalue weighted by atomic mass is 10.1. The molecular weight excluding hydrogens is 500 g/mol. The van der Waals surface area contributed by atoms with E-state index in [0.717, 1.165) is 34.7 Å². The Morgan fingerprint density at radius 1 is 0.974 bits per heavy atom. The number of nitrogens with zero attached hydrogens (tertiary/aromatic N) is 2. The van der Waals surface area contributed by atoms with Crippen LogP contribution in [0.3, 0.4) is 0 Å². The minimum absolute atomic E-state index is 0.0381. The minimum Gasteiger partial charge on any atom is -0.490 e. The summed E-state index contributed by atoms with van der Waals surface area (Å²) in [6.07, 6.45) is 2.73. The number of thioether (sulfide) groups is 1. The van der Waals surface area contributed by atoms with E-state index in [2.05, 4.69) is 6.92 Å². The van der Waals surface area contributed by atoms with Crippen molar-refractivity contribution in [2.45, 2.75) is 33.8 Å². The molecule has 0 aliphatic carbocycles. The van der Waals surface area contributed by atoms with E-state index in [4.69, 9.17) is 23.9 Å². The van der Waals surface area contributed by atoms with Crippen molar-refractivity contribution in [3.8, 4) is 23.0 Å². The van der Waals surface area contributed by atoms with Crippen molar-refractivity contribution in [3.05, 3.63) is 82.3 Å². The van der Waals surface area contributed by atoms with Crippen molar-refractivity contribution in [3.63, 3.8) is 0 Å². The number of aliphatic imine (C=N–C) groups is 1. The summed E-state index contributed by atoms with van der Waals surface area (Å²) >= 11 is 1.39. The van der Waals surface area contributed by atoms with E-state index in [0.29, 0.717) is 41.3 Å². The van der Waals surface area contributed by atoms with Gasteiger partial charge in [-0.1, -0.05) is 36.8 Å². The fraction of sp³-hybridized carbons (Fsp3) is 0.267. The first kappa shape index (κ1) is 25.7. The van der Waals surface area contributed by atoms with E-state index < -0.39 is 0 Å². The SMILES string of the molecule is CCCN1C(=O)C(=Cc2ccc(OCc3ccc4c(c3)OCO4)c(OCC)c2)SC1=Nc1ccc(C)cc1. The molecule has 3 aromatic rings. The summed E-state index contributed by atoms with van der Waals surface area (Å²) < 4.78 is 22.8. The Bertz CT molecular complexity index is 1380. The lowest BCUT2D eigenvalue weighted by Gasteiger charge is -2.14. The zero-order valence-corrected chi connectivity index (χ0v) is 22.5. The molecule has 8 heteroatoms. The molecule has 0 saturated carbocycles. The molecule has 0 unspecified atom stereocenters. The minimum atomic E-state index is -0.0381. The zero-order chi connectivity index (χ0) is 26.5. The monoisotopic (exact) mass is 530 g/mol. The van der Waals surface area contributed by atoms with Crippen LogP contribution < -0.4 is 18.9 Å². The summed E-state index contributed by atoms with van der Waals surface area (Å²) in [4.78, 5) is 20.4. The maximum absolute atomic E-state index is 13.3. The van der Waals surface area contributed by atoms with Crippen LogP contribution in [0.1, 0.15) is 37.0 Å². The highest BCUT2D eigenvalue weighted by molar-refractivity contribution is 8.18. The third-order valence-electron chi connectivity index (χ3n) is 5.99. The van der Waals surface area contributed by atoms with Crippen molar-refractivity contribution in [2.75, 3.05) is 19.9 Å². The molecule has 38 heavy (non-hydrogen) atoms. The van der Waals surface area contributed by atoms with Gasteiger partial charge in [0, 0.05) is 6.54 Å². The Hall–Kier alpha value is -3.91. The molecule has 7 nitrogen and oxygen atoms in total. The third-order valence-corrected chi connectivity index (χ3v) is 7.00. The van der Waals surface area contributed by atoms with Crippen LogP contribution in [0.4, 0.5) is 5.69 Å². The van der Waals surface area contributed by atoms with Crippen LogP contribution >= 0.6 is 11.8 Å². The smallest absolute Gasteiger partial charge is 0.266 e. The van der Waals surface area contributed by atoms with Gasteiger partial charge in [-0.25, -0.2) is 4.99 Å². The molecule has 2 heterocycles. The van der Waals surface area contributed by atoms with Crippen LogP contribution in [-0.2, 0) is 11.4 Å². The van der Waals surface area contributed by atoms with Crippen molar-refractivity contribution in [2.24, 2.45) is 4.99 Å². The quantitative estimate of drug-likeness (QED) is 0.286. The van der Waals surface area contributed by atoms with Gasteiger partial charge in [-0.05, 0) is 85.6 Å². The van der Waals surface area contributed by atoms with Gasteiger partial charge in [0.2, 0.25) is 6.79 Å². The molecule has 2 aliphatic heterocycles. The number of rotatable bonds is 9. The van der Waals surface area contributed by atoms with Gasteiger partial charge < -0.3 is 18.9 Å². The number of fused-ring (bicyclic) bond motifs is 1. The maximum Gasteiger partial charge on any atom is 0.266 e. The van der Waals surface area contributed by atoms with Gasteiger partial charge in [0.05, 0.1) is 17.2 Å². The number of ether oxygens (including phenoxy) is 4. The van der Waals surface area contributed by atoms with Crippen molar-refractivity contribution < 1.29 is 23.7 Å². The average Bonchev–Trinajstić information content (AvgIpc) is 3.50. The molecular formula is C30H30N2O5S. The first-order valence-corrected chi connectivity index (χ1v) is 13.5. The second kappa shape index (κ2) is 11.6. The Morgan fingerprint density at radius 2 is 1.79 bits per heavy atom. The highest BCUT2D eigenvalue weighted by atomic mass is 32.2. The van der Waals surface area contributed by atoms with Gasteiger partial charge in [0.1, 0.15) is 6.61 Å². The van der Waals surface area contributed by atoms with Crippen molar-refractivity contribution in [1.29, 1.82) is 0 Å². The molecule has 0 aromatic heterocycles. The van der Waals surface area contributed by atoms with Gasteiger partial charge in [0.15, 0.2) is 28.2 Å². The Balaban J connectivity index is 1.35. The topological polar surface area (TPSA) is 69.6 Å². The van der Waals surface area contributed by atoms with E-state index >= 15 is 0 Å². The summed E-state index contributed by atoms with van der Waals surface area (Å²) in [6, 6.07) is 19.4. The summed E-state index contributed by atoms with van der Waals surface area (Å²) in [6.45, 7) is 7.73. The number of amides is 1. The molecule has 1 amide bonds. The first-order chi connectivity index (χ1) is 18.5. The highest BCUT2D eigenvalue weighted by Gasteiger charge is 2.32. The molecule has 0 spiro atoms. The largest absolute Gasteiger partial charge is 0.490 e. The average molecular weight is 531 g/mol. The number of amidine groups is 1. The summed E-state index contributed by atoms with van der Waals surface area (Å²) in [5.74, 6) is 2.68. The van der Waals surface area contributed by atoms with E-state index in [1.165, 1.54) is 17.3 Å². The Labute approximate surface area is 227 Å². The van der Waals surface area contributed by atoms with E-state index in [1.807, 2.05) is 80.6 Å². The van der Waals surface area contributed by atoms with Crippen LogP contribution in [0.5, 0.6) is 23.0 Å². The third kappa shape index (κ3) is 5.81. The lowest BCUT2D eigenvalue weighted by molar-refractivity contribution is -0.122. The Morgan fingerprint density at radius 3 is 2.58 bits per heavy atom. The van der Waals surface area contributed by atoms with Gasteiger partial charge in [-0.2, -0.15) is 0 Å². The molecule has 1 fully saturated rings. The van der Waals surface area contributed by atoms with Gasteiger partial charge in [-0.3, -0.25) is 9.69 Å². The number of carbonyl (C=O) groups is 1. The number of aryl methyl sites for hydroxylation is 1. The molecule has 0 N–H and O–H groups in total. The number of hydrogen-bond acceptors (Lipinski definition) is 7. The summed E-state index contributed by atoms with van der Waals surface area (Å²) in [5, 5.41) is 0.695. The lowest BCUT2D eigenvalue weighted by Crippen LogP contribution is -2.29. The van der Waals surface area contributed by atoms with Crippen LogP contribution in [0.2, 0.25) is 0 Å². The molecule has 0 bridgehead atoms. The molecule has 196 valence electrons. The zero-order valence-electron chi connectivity index (χ0n) is 21.7. The summed E-state index contributed by atoms with van der Waals surface area (Å²) in [5.41, 5.74) is 3.82. The molecule has 0 atom stereocenters. The van der Waals surface area contributed by atoms with Crippen molar-refractivity contribution >= 4 is 34.6 Å². The fourth-order valence-electron chi connectivity index (χ4n) is 4.09. The van der Waals surface area contributed by atoms with Crippen LogP contribution in [0.15, 0.2) is 70.6 Å². The maximum atomic E-state index is 13.3. The molecule has 2 aliphatic rings. The number of benzene rings is 3. The van der Waals surface area contributed by atoms with E-state index in [-0.39, 0.29) is 12.7 Å². The predicted molar refractivity (Wildman–Crippen MR) is 150 cm³/mol. The number of carbonyl (C=O) groups excluding carboxylic acids is 1. The normalized spacial score (nSPS) is 16.5. The van der Waals surface area contributed by atoms with E-state index in [1.54, 1.807) is 4.90 Å². The highest BCUT2D eigenvalue weighted by Crippen LogP contribution is 2.37. The molecule has 1 saturated heterocycles. The predicted octanol–water partition coefficient (Wildman–Crippen LogP) is 6.72. The first-order valence-electron chi connectivity index (χ1n) is 12.7. The molecule has 3 aromatic carbocycles. The molecule has 0 radical (unpaired) electrons. The summed E-state index contributed by atoms with van der Waals surface area (Å²) in [7, 11) is 0. The fourth-order valence-corrected chi connectivity index (χ4v) is 5.11.